The molecule has 0 bridgehead atoms. The summed E-state index contributed by atoms with van der Waals surface area (Å²) in [7, 11) is 1.46. The molecule has 5 nitrogen and oxygen atoms in total. The first kappa shape index (κ1) is 19.4. The van der Waals surface area contributed by atoms with Gasteiger partial charge in [-0.25, -0.2) is 0 Å². The highest BCUT2D eigenvalue weighted by molar-refractivity contribution is 9.10. The Morgan fingerprint density at radius 3 is 2.30 bits per heavy atom. The molecule has 0 fully saturated rings. The third-order valence-corrected chi connectivity index (χ3v) is 4.67. The van der Waals surface area contributed by atoms with Crippen LogP contribution in [0.25, 0.3) is 0 Å². The van der Waals surface area contributed by atoms with Crippen molar-refractivity contribution in [2.75, 3.05) is 7.11 Å². The predicted molar refractivity (Wildman–Crippen MR) is 95.5 cm³/mol. The highest BCUT2D eigenvalue weighted by atomic mass is 79.9. The van der Waals surface area contributed by atoms with E-state index in [4.69, 9.17) is 4.74 Å². The molecule has 1 N–H and O–H groups in total. The van der Waals surface area contributed by atoms with Crippen molar-refractivity contribution in [2.24, 2.45) is 5.10 Å². The maximum absolute atomic E-state index is 13.6. The highest BCUT2D eigenvalue weighted by Crippen LogP contribution is 2.42. The van der Waals surface area contributed by atoms with E-state index >= 15 is 0 Å². The quantitative estimate of drug-likeness (QED) is 0.782. The van der Waals surface area contributed by atoms with Gasteiger partial charge in [-0.05, 0) is 54.1 Å². The van der Waals surface area contributed by atoms with Crippen molar-refractivity contribution in [3.05, 3.63) is 64.1 Å². The van der Waals surface area contributed by atoms with Crippen molar-refractivity contribution < 1.29 is 27.8 Å². The van der Waals surface area contributed by atoms with Gasteiger partial charge in [0.1, 0.15) is 5.75 Å². The van der Waals surface area contributed by atoms with Crippen LogP contribution in [0.4, 0.5) is 13.2 Å². The van der Waals surface area contributed by atoms with Gasteiger partial charge < -0.3 is 9.84 Å². The summed E-state index contributed by atoms with van der Waals surface area (Å²) in [5, 5.41) is 14.3. The maximum Gasteiger partial charge on any atom is 0.438 e. The number of aliphatic hydroxyl groups is 1. The average molecular weight is 443 g/mol. The summed E-state index contributed by atoms with van der Waals surface area (Å²) in [6.07, 6.45) is -5.96. The van der Waals surface area contributed by atoms with Crippen molar-refractivity contribution in [1.29, 1.82) is 0 Å². The Hall–Kier alpha value is -2.39. The molecular weight excluding hydrogens is 429 g/mol. The number of hydrogen-bond donors (Lipinski definition) is 1. The first-order valence-electron chi connectivity index (χ1n) is 7.77. The van der Waals surface area contributed by atoms with Crippen LogP contribution >= 0.6 is 15.9 Å². The number of nitrogens with zero attached hydrogens (tertiary/aromatic N) is 2. The summed E-state index contributed by atoms with van der Waals surface area (Å²) >= 11 is 3.19. The summed E-state index contributed by atoms with van der Waals surface area (Å²) in [5.74, 6) is -0.530. The fourth-order valence-electron chi connectivity index (χ4n) is 2.64. The van der Waals surface area contributed by atoms with Gasteiger partial charge in [0.25, 0.3) is 11.6 Å². The minimum absolute atomic E-state index is 0.0272. The summed E-state index contributed by atoms with van der Waals surface area (Å²) < 4.78 is 46.5. The molecule has 3 rings (SSSR count). The molecule has 0 saturated heterocycles. The zero-order valence-electron chi connectivity index (χ0n) is 14.0. The van der Waals surface area contributed by atoms with Crippen LogP contribution < -0.4 is 4.74 Å². The molecule has 1 aliphatic rings. The summed E-state index contributed by atoms with van der Waals surface area (Å²) in [6, 6.07) is 11.9. The lowest BCUT2D eigenvalue weighted by Crippen LogP contribution is -2.56. The lowest BCUT2D eigenvalue weighted by molar-refractivity contribution is -0.297. The second-order valence-electron chi connectivity index (χ2n) is 5.89. The topological polar surface area (TPSA) is 62.1 Å². The van der Waals surface area contributed by atoms with E-state index in [0.29, 0.717) is 15.8 Å². The number of halogens is 4. The molecule has 1 amide bonds. The molecule has 0 saturated carbocycles. The molecule has 2 aromatic carbocycles. The second kappa shape index (κ2) is 6.97. The van der Waals surface area contributed by atoms with Crippen LogP contribution in [-0.2, 0) is 0 Å². The molecule has 2 aromatic rings. The summed E-state index contributed by atoms with van der Waals surface area (Å²) in [6.45, 7) is 0. The van der Waals surface area contributed by atoms with E-state index in [2.05, 4.69) is 21.0 Å². The van der Waals surface area contributed by atoms with Gasteiger partial charge in [-0.3, -0.25) is 4.79 Å². The fraction of sp³-hybridized carbons (Fsp3) is 0.222. The van der Waals surface area contributed by atoms with E-state index in [1.807, 2.05) is 0 Å². The number of carbonyl (C=O) groups excluding carboxylic acids is 1. The maximum atomic E-state index is 13.6. The van der Waals surface area contributed by atoms with Gasteiger partial charge >= 0.3 is 6.18 Å². The highest BCUT2D eigenvalue weighted by Gasteiger charge is 2.63. The van der Waals surface area contributed by atoms with Crippen LogP contribution in [0.2, 0.25) is 0 Å². The van der Waals surface area contributed by atoms with Crippen molar-refractivity contribution >= 4 is 27.5 Å². The molecule has 1 atom stereocenters. The van der Waals surface area contributed by atoms with Gasteiger partial charge in [-0.2, -0.15) is 23.3 Å². The van der Waals surface area contributed by atoms with Gasteiger partial charge in [0, 0.05) is 10.0 Å². The number of carbonyl (C=O) groups is 1. The van der Waals surface area contributed by atoms with Crippen molar-refractivity contribution in [2.45, 2.75) is 18.3 Å². The Kier molecular flexibility index (Phi) is 5.00. The molecule has 0 radical (unpaired) electrons. The number of amides is 1. The lowest BCUT2D eigenvalue weighted by atomic mass is 10.0. The monoisotopic (exact) mass is 442 g/mol. The molecule has 142 valence electrons. The van der Waals surface area contributed by atoms with E-state index in [1.54, 1.807) is 12.1 Å². The SMILES string of the molecule is COc1ccc(C2=NN(C(=O)c3ccc(Br)cc3)C(O)(C(F)(F)F)C2)cc1. The summed E-state index contributed by atoms with van der Waals surface area (Å²) in [4.78, 5) is 12.6. The normalized spacial score (nSPS) is 19.8. The Morgan fingerprint density at radius 1 is 1.19 bits per heavy atom. The fourth-order valence-corrected chi connectivity index (χ4v) is 2.90. The van der Waals surface area contributed by atoms with Crippen LogP contribution in [-0.4, -0.2) is 40.7 Å². The van der Waals surface area contributed by atoms with E-state index in [1.165, 1.54) is 43.5 Å². The van der Waals surface area contributed by atoms with Crippen LogP contribution in [0.15, 0.2) is 58.1 Å². The molecule has 0 aliphatic carbocycles. The molecule has 1 aliphatic heterocycles. The average Bonchev–Trinajstić information content (AvgIpc) is 3.01. The zero-order chi connectivity index (χ0) is 19.8. The van der Waals surface area contributed by atoms with Gasteiger partial charge in [0.2, 0.25) is 0 Å². The molecule has 1 heterocycles. The second-order valence-corrected chi connectivity index (χ2v) is 6.81. The number of rotatable bonds is 3. The number of methoxy groups -OCH3 is 1. The van der Waals surface area contributed by atoms with Gasteiger partial charge in [0.05, 0.1) is 19.2 Å². The van der Waals surface area contributed by atoms with Crippen LogP contribution in [0.1, 0.15) is 22.3 Å². The van der Waals surface area contributed by atoms with E-state index < -0.39 is 24.2 Å². The van der Waals surface area contributed by atoms with E-state index in [0.717, 1.165) is 0 Å². The Balaban J connectivity index is 2.01. The minimum Gasteiger partial charge on any atom is -0.497 e. The standard InChI is InChI=1S/C18H14BrF3N2O3/c1-27-14-8-4-11(5-9-14)15-10-17(26,18(20,21)22)24(23-15)16(25)12-2-6-13(19)7-3-12/h2-9,26H,10H2,1H3. The molecule has 27 heavy (non-hydrogen) atoms. The Labute approximate surface area is 161 Å². The first-order valence-corrected chi connectivity index (χ1v) is 8.56. The molecule has 9 heteroatoms. The van der Waals surface area contributed by atoms with Crippen molar-refractivity contribution in [1.82, 2.24) is 5.01 Å². The van der Waals surface area contributed by atoms with E-state index in [-0.39, 0.29) is 16.3 Å². The number of alkyl halides is 3. The predicted octanol–water partition coefficient (Wildman–Crippen LogP) is 3.96. The van der Waals surface area contributed by atoms with Crippen LogP contribution in [0.5, 0.6) is 5.75 Å². The van der Waals surface area contributed by atoms with Crippen LogP contribution in [0.3, 0.4) is 0 Å². The first-order chi connectivity index (χ1) is 12.7. The van der Waals surface area contributed by atoms with Crippen molar-refractivity contribution in [3.63, 3.8) is 0 Å². The molecular formula is C18H14BrF3N2O3. The van der Waals surface area contributed by atoms with Gasteiger partial charge in [-0.15, -0.1) is 0 Å². The van der Waals surface area contributed by atoms with Crippen molar-refractivity contribution in [3.8, 4) is 5.75 Å². The number of ether oxygens (including phenoxy) is 1. The number of hydrazone groups is 1. The zero-order valence-corrected chi connectivity index (χ0v) is 15.6. The third-order valence-electron chi connectivity index (χ3n) is 4.15. The number of benzene rings is 2. The number of hydrogen-bond acceptors (Lipinski definition) is 4. The lowest BCUT2D eigenvalue weighted by Gasteiger charge is -2.32. The molecule has 0 spiro atoms. The molecule has 0 aromatic heterocycles. The van der Waals surface area contributed by atoms with E-state index in [9.17, 15) is 23.1 Å². The smallest absolute Gasteiger partial charge is 0.438 e. The van der Waals surface area contributed by atoms with Crippen LogP contribution in [0, 0.1) is 0 Å². The molecule has 1 unspecified atom stereocenters. The Bertz CT molecular complexity index is 882. The summed E-state index contributed by atoms with van der Waals surface area (Å²) in [5.41, 5.74) is -3.15. The van der Waals surface area contributed by atoms with Gasteiger partial charge in [0.15, 0.2) is 0 Å². The minimum atomic E-state index is -5.09. The Morgan fingerprint density at radius 2 is 1.78 bits per heavy atom. The third kappa shape index (κ3) is 3.57. The largest absolute Gasteiger partial charge is 0.497 e. The van der Waals surface area contributed by atoms with Gasteiger partial charge in [-0.1, -0.05) is 15.9 Å².